The number of rotatable bonds is 0. The van der Waals surface area contributed by atoms with Crippen molar-refractivity contribution in [1.82, 2.24) is 0 Å². The zero-order valence-electron chi connectivity index (χ0n) is 2.81. The van der Waals surface area contributed by atoms with Crippen LogP contribution < -0.4 is 17.2 Å². The lowest BCUT2D eigenvalue weighted by atomic mass is 11.0. The van der Waals surface area contributed by atoms with Crippen molar-refractivity contribution in [3.8, 4) is 0 Å². The van der Waals surface area contributed by atoms with E-state index in [-0.39, 0.29) is 0 Å². The molecule has 0 aliphatic heterocycles. The Labute approximate surface area is 33.1 Å². The maximum atomic E-state index is 4.87. The van der Waals surface area contributed by atoms with Gasteiger partial charge in [-0.1, -0.05) is 9.24 Å². The van der Waals surface area contributed by atoms with Crippen molar-refractivity contribution in [1.29, 1.82) is 0 Å². The smallest absolute Gasteiger partial charge is 0.129 e. The Hall–Kier alpha value is 0.310. The lowest BCUT2D eigenvalue weighted by Gasteiger charge is -2.07. The average Bonchev–Trinajstić information content (AvgIpc) is 0.722. The molecule has 0 fully saturated rings. The highest BCUT2D eigenvalue weighted by Gasteiger charge is 1.95. The van der Waals surface area contributed by atoms with Crippen molar-refractivity contribution >= 4 is 9.24 Å². The van der Waals surface area contributed by atoms with Crippen LogP contribution >= 0.6 is 9.24 Å². The van der Waals surface area contributed by atoms with Crippen molar-refractivity contribution in [3.63, 3.8) is 0 Å². The van der Waals surface area contributed by atoms with Crippen LogP contribution in [0.1, 0.15) is 0 Å². The second kappa shape index (κ2) is 1.19. The SMILES string of the molecule is NC(N)(N)P. The van der Waals surface area contributed by atoms with Crippen LogP contribution in [0, 0.1) is 0 Å². The fraction of sp³-hybridized carbons (Fsp3) is 1.00. The van der Waals surface area contributed by atoms with Gasteiger partial charge in [0.15, 0.2) is 0 Å². The fourth-order valence-corrected chi connectivity index (χ4v) is 0. The largest absolute Gasteiger partial charge is 0.298 e. The minimum absolute atomic E-state index is 1.08. The zero-order valence-corrected chi connectivity index (χ0v) is 3.96. The molecule has 0 saturated carbocycles. The zero-order chi connectivity index (χ0) is 4.50. The Morgan fingerprint density at radius 2 is 1.20 bits per heavy atom. The standard InChI is InChI=1S/CH8N3P/c2-1(3,4)5/h2-5H2. The van der Waals surface area contributed by atoms with E-state index in [1.54, 1.807) is 0 Å². The first kappa shape index (κ1) is 5.31. The Kier molecular flexibility index (Phi) is 1.26. The van der Waals surface area contributed by atoms with Gasteiger partial charge in [-0.05, 0) is 0 Å². The topological polar surface area (TPSA) is 78.1 Å². The molecule has 1 unspecified atom stereocenters. The van der Waals surface area contributed by atoms with Gasteiger partial charge in [-0.15, -0.1) is 0 Å². The summed E-state index contributed by atoms with van der Waals surface area (Å²) in [4.78, 5) is 0. The molecular weight excluding hydrogens is 85.0 g/mol. The molecule has 0 amide bonds. The van der Waals surface area contributed by atoms with Gasteiger partial charge in [-0.2, -0.15) is 0 Å². The molecule has 0 bridgehead atoms. The Morgan fingerprint density at radius 1 is 1.20 bits per heavy atom. The molecule has 0 aromatic heterocycles. The first-order valence-corrected chi connectivity index (χ1v) is 1.73. The molecular formula is CH8N3P. The fourth-order valence-electron chi connectivity index (χ4n) is 0. The molecule has 32 valence electrons. The molecule has 3 nitrogen and oxygen atoms in total. The van der Waals surface area contributed by atoms with Gasteiger partial charge in [0.1, 0.15) is 5.53 Å². The second-order valence-electron chi connectivity index (χ2n) is 1.00. The molecule has 0 heterocycles. The maximum Gasteiger partial charge on any atom is 0.129 e. The first-order chi connectivity index (χ1) is 2.00. The molecule has 0 saturated heterocycles. The minimum atomic E-state index is -1.08. The van der Waals surface area contributed by atoms with E-state index in [0.29, 0.717) is 0 Å². The summed E-state index contributed by atoms with van der Waals surface area (Å²) in [6, 6.07) is 0. The summed E-state index contributed by atoms with van der Waals surface area (Å²) >= 11 is 0. The molecule has 5 heavy (non-hydrogen) atoms. The van der Waals surface area contributed by atoms with Crippen LogP contribution in [0.3, 0.4) is 0 Å². The van der Waals surface area contributed by atoms with E-state index in [2.05, 4.69) is 0 Å². The Bertz CT molecular complexity index is 22.4. The minimum Gasteiger partial charge on any atom is -0.298 e. The monoisotopic (exact) mass is 93.0 g/mol. The van der Waals surface area contributed by atoms with Crippen LogP contribution in [0.25, 0.3) is 0 Å². The van der Waals surface area contributed by atoms with E-state index in [4.69, 9.17) is 17.2 Å². The van der Waals surface area contributed by atoms with E-state index in [9.17, 15) is 0 Å². The van der Waals surface area contributed by atoms with E-state index < -0.39 is 5.53 Å². The van der Waals surface area contributed by atoms with Crippen LogP contribution in [0.5, 0.6) is 0 Å². The highest BCUT2D eigenvalue weighted by atomic mass is 31.0. The quantitative estimate of drug-likeness (QED) is 0.248. The molecule has 0 aliphatic rings. The van der Waals surface area contributed by atoms with Crippen LogP contribution in [0.2, 0.25) is 0 Å². The predicted octanol–water partition coefficient (Wildman–Crippen LogP) is -1.65. The summed E-state index contributed by atoms with van der Waals surface area (Å²) in [6.07, 6.45) is 0. The summed E-state index contributed by atoms with van der Waals surface area (Å²) in [6.45, 7) is 0. The molecule has 1 atom stereocenters. The van der Waals surface area contributed by atoms with E-state index in [1.807, 2.05) is 9.24 Å². The van der Waals surface area contributed by atoms with Gasteiger partial charge in [0.05, 0.1) is 0 Å². The predicted molar refractivity (Wildman–Crippen MR) is 25.0 cm³/mol. The van der Waals surface area contributed by atoms with Crippen molar-refractivity contribution in [2.75, 3.05) is 0 Å². The Morgan fingerprint density at radius 3 is 1.20 bits per heavy atom. The lowest BCUT2D eigenvalue weighted by molar-refractivity contribution is 0.679. The summed E-state index contributed by atoms with van der Waals surface area (Å²) in [5.74, 6) is 0. The maximum absolute atomic E-state index is 4.87. The number of nitrogens with two attached hydrogens (primary N) is 3. The van der Waals surface area contributed by atoms with Crippen molar-refractivity contribution in [3.05, 3.63) is 0 Å². The third-order valence-corrected chi connectivity index (χ3v) is 0. The van der Waals surface area contributed by atoms with Crippen LogP contribution in [0.4, 0.5) is 0 Å². The molecule has 0 aromatic carbocycles. The van der Waals surface area contributed by atoms with Gasteiger partial charge < -0.3 is 0 Å². The molecule has 0 aliphatic carbocycles. The van der Waals surface area contributed by atoms with Gasteiger partial charge in [-0.25, -0.2) is 0 Å². The normalized spacial score (nSPS) is 12.0. The van der Waals surface area contributed by atoms with Gasteiger partial charge in [-0.3, -0.25) is 17.2 Å². The van der Waals surface area contributed by atoms with Crippen LogP contribution in [0.15, 0.2) is 0 Å². The molecule has 6 N–H and O–H groups in total. The van der Waals surface area contributed by atoms with Crippen molar-refractivity contribution < 1.29 is 0 Å². The summed E-state index contributed by atoms with van der Waals surface area (Å²) in [5, 5.41) is 0. The lowest BCUT2D eigenvalue weighted by Crippen LogP contribution is -2.51. The number of hydrogen-bond acceptors (Lipinski definition) is 3. The Balaban J connectivity index is 3.02. The average molecular weight is 93.1 g/mol. The molecule has 0 radical (unpaired) electrons. The first-order valence-electron chi connectivity index (χ1n) is 1.15. The van der Waals surface area contributed by atoms with Crippen molar-refractivity contribution in [2.45, 2.75) is 5.53 Å². The molecule has 0 rings (SSSR count). The summed E-state index contributed by atoms with van der Waals surface area (Å²) in [5.41, 5.74) is 13.5. The van der Waals surface area contributed by atoms with Gasteiger partial charge in [0.2, 0.25) is 0 Å². The third-order valence-electron chi connectivity index (χ3n) is 0. The molecule has 4 heteroatoms. The highest BCUT2D eigenvalue weighted by molar-refractivity contribution is 7.18. The summed E-state index contributed by atoms with van der Waals surface area (Å²) < 4.78 is 0. The third kappa shape index (κ3) is 239. The molecule has 0 aromatic rings. The van der Waals surface area contributed by atoms with Crippen LogP contribution in [-0.2, 0) is 0 Å². The highest BCUT2D eigenvalue weighted by Crippen LogP contribution is 1.85. The summed E-state index contributed by atoms with van der Waals surface area (Å²) in [7, 11) is 2.05. The van der Waals surface area contributed by atoms with E-state index in [0.717, 1.165) is 0 Å². The van der Waals surface area contributed by atoms with E-state index >= 15 is 0 Å². The molecule has 0 spiro atoms. The van der Waals surface area contributed by atoms with Gasteiger partial charge in [0.25, 0.3) is 0 Å². The van der Waals surface area contributed by atoms with Crippen molar-refractivity contribution in [2.24, 2.45) is 17.2 Å². The van der Waals surface area contributed by atoms with E-state index in [1.165, 1.54) is 0 Å². The van der Waals surface area contributed by atoms with Gasteiger partial charge >= 0.3 is 0 Å². The van der Waals surface area contributed by atoms with Crippen LogP contribution in [-0.4, -0.2) is 5.53 Å². The second-order valence-corrected chi connectivity index (χ2v) is 2.00. The number of hydrogen-bond donors (Lipinski definition) is 3. The van der Waals surface area contributed by atoms with Gasteiger partial charge in [0, 0.05) is 0 Å².